The first-order chi connectivity index (χ1) is 8.81. The quantitative estimate of drug-likeness (QED) is 0.564. The van der Waals surface area contributed by atoms with Crippen LogP contribution in [-0.2, 0) is 14.3 Å². The Morgan fingerprint density at radius 1 is 1.53 bits per heavy atom. The first-order valence-corrected chi connectivity index (χ1v) is 6.81. The summed E-state index contributed by atoms with van der Waals surface area (Å²) in [5.74, 6) is -0.135. The molecule has 0 spiro atoms. The van der Waals surface area contributed by atoms with E-state index in [1.807, 2.05) is 20.8 Å². The Balaban J connectivity index is 3.33. The Kier molecular flexibility index (Phi) is 4.72. The highest BCUT2D eigenvalue weighted by atomic mass is 16.5. The van der Waals surface area contributed by atoms with Crippen molar-refractivity contribution in [2.24, 2.45) is 10.8 Å². The van der Waals surface area contributed by atoms with Crippen LogP contribution in [0.2, 0.25) is 0 Å². The van der Waals surface area contributed by atoms with Crippen LogP contribution in [0.25, 0.3) is 0 Å². The first-order valence-electron chi connectivity index (χ1n) is 6.81. The minimum absolute atomic E-state index is 0.0843. The summed E-state index contributed by atoms with van der Waals surface area (Å²) in [7, 11) is 0. The molecular weight excluding hydrogens is 240 g/mol. The first kappa shape index (κ1) is 15.7. The molecule has 0 aliphatic heterocycles. The van der Waals surface area contributed by atoms with Gasteiger partial charge in [-0.25, -0.2) is 0 Å². The normalized spacial score (nSPS) is 25.7. The molecule has 3 heteroatoms. The summed E-state index contributed by atoms with van der Waals surface area (Å²) in [6.45, 7) is 11.7. The number of hydrogen-bond donors (Lipinski definition) is 0. The van der Waals surface area contributed by atoms with Gasteiger partial charge in [0.15, 0.2) is 5.78 Å². The molecule has 0 radical (unpaired) electrons. The van der Waals surface area contributed by atoms with Gasteiger partial charge in [-0.15, -0.1) is 6.58 Å². The molecule has 1 rings (SSSR count). The van der Waals surface area contributed by atoms with Gasteiger partial charge in [0.1, 0.15) is 0 Å². The van der Waals surface area contributed by atoms with E-state index >= 15 is 0 Å². The third-order valence-corrected chi connectivity index (χ3v) is 4.17. The molecular formula is C16H24O3. The summed E-state index contributed by atoms with van der Waals surface area (Å²) in [6.07, 6.45) is 5.14. The van der Waals surface area contributed by atoms with Crippen molar-refractivity contribution >= 4 is 11.8 Å². The Morgan fingerprint density at radius 3 is 2.63 bits per heavy atom. The highest BCUT2D eigenvalue weighted by Crippen LogP contribution is 2.53. The van der Waals surface area contributed by atoms with Gasteiger partial charge < -0.3 is 4.74 Å². The Labute approximate surface area is 115 Å². The molecule has 0 saturated carbocycles. The average Bonchev–Trinajstić information content (AvgIpc) is 2.27. The molecule has 3 nitrogen and oxygen atoms in total. The highest BCUT2D eigenvalue weighted by Gasteiger charge is 2.55. The van der Waals surface area contributed by atoms with Crippen LogP contribution in [0, 0.1) is 10.8 Å². The lowest BCUT2D eigenvalue weighted by Gasteiger charge is -2.47. The van der Waals surface area contributed by atoms with Gasteiger partial charge in [-0.3, -0.25) is 9.59 Å². The second kappa shape index (κ2) is 5.72. The van der Waals surface area contributed by atoms with Crippen LogP contribution < -0.4 is 0 Å². The fourth-order valence-electron chi connectivity index (χ4n) is 3.18. The van der Waals surface area contributed by atoms with Crippen molar-refractivity contribution in [2.45, 2.75) is 47.0 Å². The zero-order valence-corrected chi connectivity index (χ0v) is 12.4. The van der Waals surface area contributed by atoms with Crippen molar-refractivity contribution in [1.82, 2.24) is 0 Å². The van der Waals surface area contributed by atoms with E-state index in [4.69, 9.17) is 4.74 Å². The summed E-state index contributed by atoms with van der Waals surface area (Å²) in [5.41, 5.74) is -0.336. The zero-order chi connectivity index (χ0) is 14.7. The third-order valence-electron chi connectivity index (χ3n) is 4.17. The van der Waals surface area contributed by atoms with Gasteiger partial charge in [-0.1, -0.05) is 25.5 Å². The van der Waals surface area contributed by atoms with Crippen molar-refractivity contribution in [2.75, 3.05) is 6.61 Å². The van der Waals surface area contributed by atoms with Crippen LogP contribution in [0.15, 0.2) is 24.3 Å². The fourth-order valence-corrected chi connectivity index (χ4v) is 3.18. The SMILES string of the molecule is C=CCCC1(C(=O)OCC)C(C)=CC(=O)CC1(C)C. The second-order valence-corrected chi connectivity index (χ2v) is 5.81. The lowest BCUT2D eigenvalue weighted by atomic mass is 9.55. The van der Waals surface area contributed by atoms with Crippen molar-refractivity contribution < 1.29 is 14.3 Å². The van der Waals surface area contributed by atoms with Crippen molar-refractivity contribution in [3.05, 3.63) is 24.3 Å². The van der Waals surface area contributed by atoms with Gasteiger partial charge in [-0.2, -0.15) is 0 Å². The van der Waals surface area contributed by atoms with Crippen LogP contribution in [0.5, 0.6) is 0 Å². The minimum atomic E-state index is -0.717. The highest BCUT2D eigenvalue weighted by molar-refractivity contribution is 5.96. The van der Waals surface area contributed by atoms with Crippen LogP contribution >= 0.6 is 0 Å². The maximum atomic E-state index is 12.5. The number of esters is 1. The molecule has 0 fully saturated rings. The van der Waals surface area contributed by atoms with Crippen molar-refractivity contribution in [3.8, 4) is 0 Å². The monoisotopic (exact) mass is 264 g/mol. The molecule has 0 aromatic rings. The topological polar surface area (TPSA) is 43.4 Å². The zero-order valence-electron chi connectivity index (χ0n) is 12.4. The van der Waals surface area contributed by atoms with E-state index in [0.29, 0.717) is 19.4 Å². The minimum Gasteiger partial charge on any atom is -0.465 e. The molecule has 1 aliphatic carbocycles. The van der Waals surface area contributed by atoms with E-state index in [9.17, 15) is 9.59 Å². The van der Waals surface area contributed by atoms with Gasteiger partial charge in [0.05, 0.1) is 12.0 Å². The van der Waals surface area contributed by atoms with E-state index in [1.165, 1.54) is 0 Å². The lowest BCUT2D eigenvalue weighted by molar-refractivity contribution is -0.162. The van der Waals surface area contributed by atoms with Crippen LogP contribution in [0.4, 0.5) is 0 Å². The largest absolute Gasteiger partial charge is 0.465 e. The maximum absolute atomic E-state index is 12.5. The summed E-state index contributed by atoms with van der Waals surface area (Å²) < 4.78 is 5.30. The Hall–Kier alpha value is -1.38. The van der Waals surface area contributed by atoms with Crippen LogP contribution in [-0.4, -0.2) is 18.4 Å². The molecule has 0 aromatic heterocycles. The van der Waals surface area contributed by atoms with E-state index < -0.39 is 10.8 Å². The standard InChI is InChI=1S/C16H24O3/c1-6-8-9-16(14(18)19-7-2)12(3)10-13(17)11-15(16,4)5/h6,10H,1,7-9,11H2,2-5H3. The van der Waals surface area contributed by atoms with E-state index in [2.05, 4.69) is 6.58 Å². The Morgan fingerprint density at radius 2 is 2.16 bits per heavy atom. The number of ketones is 1. The van der Waals surface area contributed by atoms with E-state index in [-0.39, 0.29) is 11.8 Å². The van der Waals surface area contributed by atoms with Crippen LogP contribution in [0.3, 0.4) is 0 Å². The average molecular weight is 264 g/mol. The molecule has 1 aliphatic rings. The molecule has 1 atom stereocenters. The molecule has 0 heterocycles. The number of carbonyl (C=O) groups is 2. The predicted octanol–water partition coefficient (Wildman–Crippen LogP) is 3.45. The number of rotatable bonds is 5. The smallest absolute Gasteiger partial charge is 0.316 e. The van der Waals surface area contributed by atoms with Gasteiger partial charge >= 0.3 is 5.97 Å². The molecule has 0 amide bonds. The van der Waals surface area contributed by atoms with Gasteiger partial charge in [-0.05, 0) is 38.2 Å². The molecule has 0 N–H and O–H groups in total. The summed E-state index contributed by atoms with van der Waals surface area (Å²) in [6, 6.07) is 0. The van der Waals surface area contributed by atoms with E-state index in [0.717, 1.165) is 12.0 Å². The number of hydrogen-bond acceptors (Lipinski definition) is 3. The van der Waals surface area contributed by atoms with Crippen molar-refractivity contribution in [3.63, 3.8) is 0 Å². The summed E-state index contributed by atoms with van der Waals surface area (Å²) >= 11 is 0. The summed E-state index contributed by atoms with van der Waals surface area (Å²) in [4.78, 5) is 24.3. The Bertz CT molecular complexity index is 418. The number of allylic oxidation sites excluding steroid dienone is 2. The van der Waals surface area contributed by atoms with Gasteiger partial charge in [0.25, 0.3) is 0 Å². The fraction of sp³-hybridized carbons (Fsp3) is 0.625. The van der Waals surface area contributed by atoms with Gasteiger partial charge in [0, 0.05) is 6.42 Å². The number of ether oxygens (including phenoxy) is 1. The van der Waals surface area contributed by atoms with Crippen molar-refractivity contribution in [1.29, 1.82) is 0 Å². The van der Waals surface area contributed by atoms with E-state index in [1.54, 1.807) is 19.1 Å². The van der Waals surface area contributed by atoms with Gasteiger partial charge in [0.2, 0.25) is 0 Å². The molecule has 0 aromatic carbocycles. The predicted molar refractivity (Wildman–Crippen MR) is 75.7 cm³/mol. The summed E-state index contributed by atoms with van der Waals surface area (Å²) in [5, 5.41) is 0. The van der Waals surface area contributed by atoms with Crippen LogP contribution in [0.1, 0.15) is 47.0 Å². The molecule has 106 valence electrons. The number of carbonyl (C=O) groups excluding carboxylic acids is 2. The second-order valence-electron chi connectivity index (χ2n) is 5.81. The maximum Gasteiger partial charge on any atom is 0.316 e. The molecule has 19 heavy (non-hydrogen) atoms. The molecule has 0 bridgehead atoms. The third kappa shape index (κ3) is 2.65. The molecule has 0 saturated heterocycles. The lowest BCUT2D eigenvalue weighted by Crippen LogP contribution is -2.49. The molecule has 1 unspecified atom stereocenters.